The highest BCUT2D eigenvalue weighted by atomic mass is 16.3. The van der Waals surface area contributed by atoms with Crippen LogP contribution in [0.15, 0.2) is 48.5 Å². The summed E-state index contributed by atoms with van der Waals surface area (Å²) in [5.74, 6) is -0.209. The Labute approximate surface area is 110 Å². The molecule has 0 radical (unpaired) electrons. The molecule has 0 spiro atoms. The summed E-state index contributed by atoms with van der Waals surface area (Å²) in [5.41, 5.74) is 1.66. The summed E-state index contributed by atoms with van der Waals surface area (Å²) in [6.07, 6.45) is 0.184. The fourth-order valence-electron chi connectivity index (χ4n) is 1.76. The molecule has 19 heavy (non-hydrogen) atoms. The first-order valence-corrected chi connectivity index (χ1v) is 5.76. The zero-order valence-electron chi connectivity index (χ0n) is 10.1. The number of hydrogen-bond acceptors (Lipinski definition) is 3. The second-order valence-corrected chi connectivity index (χ2v) is 4.00. The molecule has 0 aliphatic rings. The smallest absolute Gasteiger partial charge is 0.255 e. The number of aromatic hydroxyl groups is 1. The largest absolute Gasteiger partial charge is 0.508 e. The average molecular weight is 252 g/mol. The van der Waals surface area contributed by atoms with Gasteiger partial charge in [-0.25, -0.2) is 0 Å². The summed E-state index contributed by atoms with van der Waals surface area (Å²) in [6.45, 7) is 0. The van der Waals surface area contributed by atoms with Crippen LogP contribution in [-0.4, -0.2) is 11.0 Å². The lowest BCUT2D eigenvalue weighted by atomic mass is 10.0. The van der Waals surface area contributed by atoms with Crippen LogP contribution in [0.1, 0.15) is 15.9 Å². The van der Waals surface area contributed by atoms with Crippen molar-refractivity contribution in [2.45, 2.75) is 6.42 Å². The van der Waals surface area contributed by atoms with E-state index in [0.29, 0.717) is 16.8 Å². The third-order valence-electron chi connectivity index (χ3n) is 2.64. The fraction of sp³-hybridized carbons (Fsp3) is 0.0667. The minimum absolute atomic E-state index is 0.0862. The fourth-order valence-corrected chi connectivity index (χ4v) is 1.76. The first-order chi connectivity index (χ1) is 9.20. The Morgan fingerprint density at radius 3 is 2.74 bits per heavy atom. The van der Waals surface area contributed by atoms with Crippen molar-refractivity contribution in [3.63, 3.8) is 0 Å². The molecule has 0 bridgehead atoms. The Morgan fingerprint density at radius 1 is 1.21 bits per heavy atom. The van der Waals surface area contributed by atoms with Gasteiger partial charge in [0, 0.05) is 17.3 Å². The molecule has 0 unspecified atom stereocenters. The Hall–Kier alpha value is -2.80. The number of carbonyl (C=O) groups is 1. The standard InChI is InChI=1S/C15H12N2O2/c16-9-8-11-4-1-2-7-14(11)15(19)17-12-5-3-6-13(18)10-12/h1-7,10,18H,8H2,(H,17,19). The number of hydrogen-bond donors (Lipinski definition) is 2. The second-order valence-electron chi connectivity index (χ2n) is 4.00. The minimum atomic E-state index is -0.295. The highest BCUT2D eigenvalue weighted by molar-refractivity contribution is 6.05. The van der Waals surface area contributed by atoms with E-state index in [1.165, 1.54) is 12.1 Å². The van der Waals surface area contributed by atoms with E-state index in [0.717, 1.165) is 0 Å². The third-order valence-corrected chi connectivity index (χ3v) is 2.64. The molecular weight excluding hydrogens is 240 g/mol. The van der Waals surface area contributed by atoms with Gasteiger partial charge < -0.3 is 10.4 Å². The molecule has 0 fully saturated rings. The molecule has 0 aliphatic carbocycles. The van der Waals surface area contributed by atoms with Crippen LogP contribution < -0.4 is 5.32 Å². The van der Waals surface area contributed by atoms with E-state index < -0.39 is 0 Å². The third kappa shape index (κ3) is 3.11. The molecule has 1 amide bonds. The van der Waals surface area contributed by atoms with E-state index in [9.17, 15) is 9.90 Å². The van der Waals surface area contributed by atoms with Gasteiger partial charge in [0.2, 0.25) is 0 Å². The summed E-state index contributed by atoms with van der Waals surface area (Å²) in [5, 5.41) is 20.8. The number of nitriles is 1. The van der Waals surface area contributed by atoms with E-state index in [1.54, 1.807) is 36.4 Å². The summed E-state index contributed by atoms with van der Waals surface area (Å²) in [7, 11) is 0. The van der Waals surface area contributed by atoms with Crippen LogP contribution in [0.25, 0.3) is 0 Å². The lowest BCUT2D eigenvalue weighted by Gasteiger charge is -2.08. The topological polar surface area (TPSA) is 73.1 Å². The number of phenolic OH excluding ortho intramolecular Hbond substituents is 1. The van der Waals surface area contributed by atoms with Gasteiger partial charge in [-0.05, 0) is 23.8 Å². The van der Waals surface area contributed by atoms with E-state index in [4.69, 9.17) is 5.26 Å². The van der Waals surface area contributed by atoms with Gasteiger partial charge >= 0.3 is 0 Å². The van der Waals surface area contributed by atoms with Crippen LogP contribution in [0.2, 0.25) is 0 Å². The van der Waals surface area contributed by atoms with Crippen LogP contribution in [0.5, 0.6) is 5.75 Å². The molecule has 2 aromatic carbocycles. The number of carbonyl (C=O) groups excluding carboxylic acids is 1. The highest BCUT2D eigenvalue weighted by Crippen LogP contribution is 2.17. The maximum absolute atomic E-state index is 12.1. The van der Waals surface area contributed by atoms with E-state index >= 15 is 0 Å². The first kappa shape index (κ1) is 12.7. The quantitative estimate of drug-likeness (QED) is 0.882. The van der Waals surface area contributed by atoms with Crippen molar-refractivity contribution in [2.75, 3.05) is 5.32 Å². The lowest BCUT2D eigenvalue weighted by molar-refractivity contribution is 0.102. The number of rotatable bonds is 3. The zero-order chi connectivity index (χ0) is 13.7. The van der Waals surface area contributed by atoms with Crippen molar-refractivity contribution in [1.82, 2.24) is 0 Å². The highest BCUT2D eigenvalue weighted by Gasteiger charge is 2.10. The van der Waals surface area contributed by atoms with Gasteiger partial charge in [-0.3, -0.25) is 4.79 Å². The van der Waals surface area contributed by atoms with Gasteiger partial charge in [-0.1, -0.05) is 24.3 Å². The Balaban J connectivity index is 2.23. The summed E-state index contributed by atoms with van der Waals surface area (Å²) in [4.78, 5) is 12.1. The van der Waals surface area contributed by atoms with Crippen LogP contribution in [0.3, 0.4) is 0 Å². The number of nitrogens with zero attached hydrogens (tertiary/aromatic N) is 1. The van der Waals surface area contributed by atoms with Crippen molar-refractivity contribution < 1.29 is 9.90 Å². The second kappa shape index (κ2) is 5.69. The zero-order valence-corrected chi connectivity index (χ0v) is 10.1. The number of benzene rings is 2. The molecule has 0 atom stereocenters. The lowest BCUT2D eigenvalue weighted by Crippen LogP contribution is -2.14. The Morgan fingerprint density at radius 2 is 2.00 bits per heavy atom. The Bertz CT molecular complexity index is 645. The maximum atomic E-state index is 12.1. The molecule has 2 aromatic rings. The van der Waals surface area contributed by atoms with Gasteiger partial charge in [0.1, 0.15) is 5.75 Å². The molecule has 4 heteroatoms. The van der Waals surface area contributed by atoms with Crippen LogP contribution >= 0.6 is 0 Å². The molecule has 2 rings (SSSR count). The predicted octanol–water partition coefficient (Wildman–Crippen LogP) is 2.71. The number of nitrogens with one attached hydrogen (secondary N) is 1. The Kier molecular flexibility index (Phi) is 3.79. The SMILES string of the molecule is N#CCc1ccccc1C(=O)Nc1cccc(O)c1. The van der Waals surface area contributed by atoms with Crippen molar-refractivity contribution in [3.05, 3.63) is 59.7 Å². The van der Waals surface area contributed by atoms with Crippen LogP contribution in [0, 0.1) is 11.3 Å². The summed E-state index contributed by atoms with van der Waals surface area (Å²) < 4.78 is 0. The molecular formula is C15H12N2O2. The predicted molar refractivity (Wildman–Crippen MR) is 71.8 cm³/mol. The average Bonchev–Trinajstić information content (AvgIpc) is 2.39. The van der Waals surface area contributed by atoms with Gasteiger partial charge in [-0.15, -0.1) is 0 Å². The minimum Gasteiger partial charge on any atom is -0.508 e. The summed E-state index contributed by atoms with van der Waals surface area (Å²) >= 11 is 0. The van der Waals surface area contributed by atoms with Crippen molar-refractivity contribution in [3.8, 4) is 11.8 Å². The van der Waals surface area contributed by atoms with Gasteiger partial charge in [0.25, 0.3) is 5.91 Å². The normalized spacial score (nSPS) is 9.63. The van der Waals surface area contributed by atoms with Crippen molar-refractivity contribution in [1.29, 1.82) is 5.26 Å². The van der Waals surface area contributed by atoms with Gasteiger partial charge in [-0.2, -0.15) is 5.26 Å². The molecule has 0 saturated heterocycles. The van der Waals surface area contributed by atoms with Gasteiger partial charge in [0.15, 0.2) is 0 Å². The maximum Gasteiger partial charge on any atom is 0.255 e. The number of anilines is 1. The van der Waals surface area contributed by atoms with Crippen molar-refractivity contribution >= 4 is 11.6 Å². The molecule has 0 saturated carbocycles. The van der Waals surface area contributed by atoms with Gasteiger partial charge in [0.05, 0.1) is 12.5 Å². The molecule has 4 nitrogen and oxygen atoms in total. The monoisotopic (exact) mass is 252 g/mol. The van der Waals surface area contributed by atoms with E-state index in [-0.39, 0.29) is 18.1 Å². The number of amides is 1. The van der Waals surface area contributed by atoms with Crippen molar-refractivity contribution in [2.24, 2.45) is 0 Å². The number of phenols is 1. The van der Waals surface area contributed by atoms with Crippen LogP contribution in [0.4, 0.5) is 5.69 Å². The molecule has 0 aromatic heterocycles. The molecule has 0 aliphatic heterocycles. The molecule has 94 valence electrons. The molecule has 2 N–H and O–H groups in total. The van der Waals surface area contributed by atoms with Crippen LogP contribution in [-0.2, 0) is 6.42 Å². The van der Waals surface area contributed by atoms with E-state index in [1.807, 2.05) is 6.07 Å². The molecule has 0 heterocycles. The first-order valence-electron chi connectivity index (χ1n) is 5.76. The summed E-state index contributed by atoms with van der Waals surface area (Å²) in [6, 6.07) is 15.3. The van der Waals surface area contributed by atoms with E-state index in [2.05, 4.69) is 5.32 Å².